The lowest BCUT2D eigenvalue weighted by Gasteiger charge is -2.17. The number of aromatic amines is 1. The molecule has 2 heterocycles. The Morgan fingerprint density at radius 1 is 1.28 bits per heavy atom. The van der Waals surface area contributed by atoms with Crippen molar-refractivity contribution in [3.63, 3.8) is 0 Å². The largest absolute Gasteiger partial charge is 0.351 e. The van der Waals surface area contributed by atoms with Crippen LogP contribution in [0.4, 0.5) is 0 Å². The number of H-pyrrole nitrogens is 1. The summed E-state index contributed by atoms with van der Waals surface area (Å²) < 4.78 is 0. The number of nitrogens with zero attached hydrogens (tertiary/aromatic N) is 2. The predicted molar refractivity (Wildman–Crippen MR) is 92.1 cm³/mol. The third-order valence-electron chi connectivity index (χ3n) is 5.09. The van der Waals surface area contributed by atoms with Crippen LogP contribution in [0.3, 0.4) is 0 Å². The zero-order valence-corrected chi connectivity index (χ0v) is 14.0. The van der Waals surface area contributed by atoms with Crippen molar-refractivity contribution in [2.75, 3.05) is 13.1 Å². The molecule has 2 atom stereocenters. The van der Waals surface area contributed by atoms with Crippen LogP contribution >= 0.6 is 0 Å². The second-order valence-corrected chi connectivity index (χ2v) is 7.08. The van der Waals surface area contributed by atoms with Crippen molar-refractivity contribution in [3.05, 3.63) is 40.3 Å². The number of rotatable bonds is 3. The van der Waals surface area contributed by atoms with Gasteiger partial charge in [-0.2, -0.15) is 5.10 Å². The van der Waals surface area contributed by atoms with E-state index in [1.54, 1.807) is 29.3 Å². The lowest BCUT2D eigenvalue weighted by molar-refractivity contribution is -0.123. The Morgan fingerprint density at radius 3 is 2.84 bits per heavy atom. The number of aromatic nitrogens is 2. The fourth-order valence-electron chi connectivity index (χ4n) is 3.38. The van der Waals surface area contributed by atoms with Crippen molar-refractivity contribution in [2.45, 2.75) is 25.8 Å². The summed E-state index contributed by atoms with van der Waals surface area (Å²) in [5.41, 5.74) is 0.260. The number of fused-ring (bicyclic) bond motifs is 1. The summed E-state index contributed by atoms with van der Waals surface area (Å²) in [5, 5.41) is 10.4. The molecule has 2 amide bonds. The second-order valence-electron chi connectivity index (χ2n) is 7.08. The summed E-state index contributed by atoms with van der Waals surface area (Å²) in [6, 6.07) is 5.01. The summed E-state index contributed by atoms with van der Waals surface area (Å²) >= 11 is 0. The van der Waals surface area contributed by atoms with Gasteiger partial charge in [-0.15, -0.1) is 0 Å². The van der Waals surface area contributed by atoms with Crippen LogP contribution in [0, 0.1) is 11.8 Å². The van der Waals surface area contributed by atoms with Crippen molar-refractivity contribution < 1.29 is 9.59 Å². The Balaban J connectivity index is 1.51. The number of hydrogen-bond acceptors (Lipinski definition) is 4. The maximum atomic E-state index is 12.8. The van der Waals surface area contributed by atoms with Crippen molar-refractivity contribution >= 4 is 22.6 Å². The van der Waals surface area contributed by atoms with Gasteiger partial charge in [0.15, 0.2) is 0 Å². The summed E-state index contributed by atoms with van der Waals surface area (Å²) in [5.74, 6) is 0.416. The fraction of sp³-hybridized carbons (Fsp3) is 0.444. The first kappa shape index (κ1) is 15.8. The molecule has 1 saturated heterocycles. The van der Waals surface area contributed by atoms with Crippen LogP contribution in [0.15, 0.2) is 29.2 Å². The highest BCUT2D eigenvalue weighted by atomic mass is 16.2. The van der Waals surface area contributed by atoms with Crippen LogP contribution in [0.1, 0.15) is 30.1 Å². The Morgan fingerprint density at radius 2 is 2.08 bits per heavy atom. The number of hydrogen-bond donors (Lipinski definition) is 2. The van der Waals surface area contributed by atoms with E-state index in [1.165, 1.54) is 0 Å². The molecule has 1 aliphatic carbocycles. The van der Waals surface area contributed by atoms with E-state index < -0.39 is 0 Å². The normalized spacial score (nSPS) is 23.0. The minimum absolute atomic E-state index is 0.00187. The zero-order chi connectivity index (χ0) is 17.6. The van der Waals surface area contributed by atoms with Crippen molar-refractivity contribution in [1.82, 2.24) is 20.4 Å². The standard InChI is InChI=1S/C18H20N4O3/c1-10-8-22(9-15(10)20-16(23)11-2-3-11)18(25)12-4-5-14-13(6-12)7-19-21-17(14)24/h4-7,10-11,15H,2-3,8-9H2,1H3,(H,20,23)(H,21,24). The number of nitrogens with one attached hydrogen (secondary N) is 2. The maximum Gasteiger partial charge on any atom is 0.272 e. The van der Waals surface area contributed by atoms with E-state index in [0.29, 0.717) is 29.4 Å². The smallest absolute Gasteiger partial charge is 0.272 e. The van der Waals surface area contributed by atoms with Gasteiger partial charge in [-0.1, -0.05) is 6.92 Å². The van der Waals surface area contributed by atoms with E-state index >= 15 is 0 Å². The van der Waals surface area contributed by atoms with Gasteiger partial charge in [0.1, 0.15) is 0 Å². The molecule has 25 heavy (non-hydrogen) atoms. The first-order chi connectivity index (χ1) is 12.0. The molecule has 1 aromatic heterocycles. The number of benzene rings is 1. The van der Waals surface area contributed by atoms with Gasteiger partial charge in [-0.25, -0.2) is 5.10 Å². The molecule has 4 rings (SSSR count). The molecule has 2 aliphatic rings. The predicted octanol–water partition coefficient (Wildman–Crippen LogP) is 0.910. The summed E-state index contributed by atoms with van der Waals surface area (Å²) in [6.07, 6.45) is 3.48. The lowest BCUT2D eigenvalue weighted by atomic mass is 10.1. The van der Waals surface area contributed by atoms with E-state index in [2.05, 4.69) is 22.4 Å². The average Bonchev–Trinajstić information content (AvgIpc) is 3.39. The SMILES string of the molecule is CC1CN(C(=O)c2ccc3c(=O)[nH]ncc3c2)CC1NC(=O)C1CC1. The van der Waals surface area contributed by atoms with Crippen molar-refractivity contribution in [2.24, 2.45) is 11.8 Å². The van der Waals surface area contributed by atoms with Gasteiger partial charge in [0.2, 0.25) is 5.91 Å². The van der Waals surface area contributed by atoms with E-state index in [0.717, 1.165) is 12.8 Å². The summed E-state index contributed by atoms with van der Waals surface area (Å²) in [7, 11) is 0. The summed E-state index contributed by atoms with van der Waals surface area (Å²) in [6.45, 7) is 3.18. The molecule has 2 aromatic rings. The van der Waals surface area contributed by atoms with E-state index in [1.807, 2.05) is 0 Å². The first-order valence-corrected chi connectivity index (χ1v) is 8.60. The summed E-state index contributed by atoms with van der Waals surface area (Å²) in [4.78, 5) is 38.3. The topological polar surface area (TPSA) is 95.2 Å². The van der Waals surface area contributed by atoms with E-state index in [9.17, 15) is 14.4 Å². The van der Waals surface area contributed by atoms with Gasteiger partial charge in [-0.05, 0) is 37.0 Å². The molecule has 7 nitrogen and oxygen atoms in total. The number of likely N-dealkylation sites (tertiary alicyclic amines) is 1. The Hall–Kier alpha value is -2.70. The molecule has 1 aromatic carbocycles. The molecule has 2 fully saturated rings. The molecular weight excluding hydrogens is 320 g/mol. The van der Waals surface area contributed by atoms with Gasteiger partial charge in [0.05, 0.1) is 17.6 Å². The van der Waals surface area contributed by atoms with Crippen LogP contribution in [-0.2, 0) is 4.79 Å². The Labute approximate surface area is 144 Å². The van der Waals surface area contributed by atoms with Crippen LogP contribution in [0.25, 0.3) is 10.8 Å². The zero-order valence-electron chi connectivity index (χ0n) is 14.0. The number of amides is 2. The third-order valence-corrected chi connectivity index (χ3v) is 5.09. The lowest BCUT2D eigenvalue weighted by Crippen LogP contribution is -2.41. The van der Waals surface area contributed by atoms with Gasteiger partial charge < -0.3 is 10.2 Å². The Kier molecular flexibility index (Phi) is 3.78. The third kappa shape index (κ3) is 3.01. The van der Waals surface area contributed by atoms with Gasteiger partial charge in [-0.3, -0.25) is 14.4 Å². The van der Waals surface area contributed by atoms with Gasteiger partial charge >= 0.3 is 0 Å². The molecule has 1 saturated carbocycles. The highest BCUT2D eigenvalue weighted by Gasteiger charge is 2.37. The van der Waals surface area contributed by atoms with E-state index in [-0.39, 0.29) is 35.3 Å². The average molecular weight is 340 g/mol. The monoisotopic (exact) mass is 340 g/mol. The molecular formula is C18H20N4O3. The fourth-order valence-corrected chi connectivity index (χ4v) is 3.38. The van der Waals surface area contributed by atoms with Crippen LogP contribution < -0.4 is 10.9 Å². The minimum atomic E-state index is -0.269. The molecule has 0 spiro atoms. The highest BCUT2D eigenvalue weighted by Crippen LogP contribution is 2.30. The van der Waals surface area contributed by atoms with Crippen LogP contribution in [-0.4, -0.2) is 46.0 Å². The minimum Gasteiger partial charge on any atom is -0.351 e. The molecule has 130 valence electrons. The van der Waals surface area contributed by atoms with E-state index in [4.69, 9.17) is 0 Å². The quantitative estimate of drug-likeness (QED) is 0.868. The maximum absolute atomic E-state index is 12.8. The highest BCUT2D eigenvalue weighted by molar-refractivity contribution is 5.98. The van der Waals surface area contributed by atoms with Crippen molar-refractivity contribution in [1.29, 1.82) is 0 Å². The van der Waals surface area contributed by atoms with Gasteiger partial charge in [0, 0.05) is 30.0 Å². The molecule has 0 radical (unpaired) electrons. The number of carbonyl (C=O) groups is 2. The van der Waals surface area contributed by atoms with Crippen LogP contribution in [0.2, 0.25) is 0 Å². The molecule has 7 heteroatoms. The number of carbonyl (C=O) groups excluding carboxylic acids is 2. The Bertz CT molecular complexity index is 903. The molecule has 2 N–H and O–H groups in total. The first-order valence-electron chi connectivity index (χ1n) is 8.60. The molecule has 1 aliphatic heterocycles. The van der Waals surface area contributed by atoms with Crippen LogP contribution in [0.5, 0.6) is 0 Å². The second kappa shape index (κ2) is 5.98. The van der Waals surface area contributed by atoms with Gasteiger partial charge in [0.25, 0.3) is 11.5 Å². The molecule has 0 bridgehead atoms. The van der Waals surface area contributed by atoms with Crippen molar-refractivity contribution in [3.8, 4) is 0 Å². The molecule has 2 unspecified atom stereocenters.